The van der Waals surface area contributed by atoms with Crippen molar-refractivity contribution in [3.05, 3.63) is 82.4 Å². The highest BCUT2D eigenvalue weighted by Crippen LogP contribution is 2.20. The van der Waals surface area contributed by atoms with Gasteiger partial charge in [-0.2, -0.15) is 5.10 Å². The quantitative estimate of drug-likeness (QED) is 0.575. The molecule has 7 heteroatoms. The maximum atomic E-state index is 13.2. The molecule has 7 nitrogen and oxygen atoms in total. The summed E-state index contributed by atoms with van der Waals surface area (Å²) < 4.78 is 1.88. The molecule has 29 heavy (non-hydrogen) atoms. The summed E-state index contributed by atoms with van der Waals surface area (Å²) >= 11 is 0. The van der Waals surface area contributed by atoms with Crippen LogP contribution in [0.3, 0.4) is 0 Å². The molecule has 0 radical (unpaired) electrons. The summed E-state index contributed by atoms with van der Waals surface area (Å²) in [5, 5.41) is 5.38. The second kappa shape index (κ2) is 7.01. The Kier molecular flexibility index (Phi) is 4.20. The molecule has 0 spiro atoms. The molecule has 2 aromatic heterocycles. The van der Waals surface area contributed by atoms with Crippen molar-refractivity contribution in [3.63, 3.8) is 0 Å². The smallest absolute Gasteiger partial charge is 0.254 e. The fourth-order valence-electron chi connectivity index (χ4n) is 3.77. The number of aromatic nitrogens is 4. The highest BCUT2D eigenvalue weighted by Gasteiger charge is 2.23. The van der Waals surface area contributed by atoms with Gasteiger partial charge in [0.2, 0.25) is 5.56 Å². The number of hydrogen-bond donors (Lipinski definition) is 1. The number of fused-ring (bicyclic) bond motifs is 2. The predicted octanol–water partition coefficient (Wildman–Crippen LogP) is 2.49. The zero-order chi connectivity index (χ0) is 19.8. The molecule has 1 aliphatic rings. The maximum Gasteiger partial charge on any atom is 0.254 e. The molecular weight excluding hydrogens is 366 g/mol. The van der Waals surface area contributed by atoms with Gasteiger partial charge >= 0.3 is 0 Å². The normalized spacial score (nSPS) is 13.9. The van der Waals surface area contributed by atoms with Crippen molar-refractivity contribution >= 4 is 16.8 Å². The Hall–Kier alpha value is -3.74. The van der Waals surface area contributed by atoms with Gasteiger partial charge in [-0.05, 0) is 6.07 Å². The SMILES string of the molecule is O=C(c1cc(=O)[nH]c2ccccc12)N1CCc2nc(-c3ccccc3)nn2CC1. The largest absolute Gasteiger partial charge is 0.336 e. The molecule has 1 aliphatic heterocycles. The van der Waals surface area contributed by atoms with Crippen LogP contribution < -0.4 is 5.56 Å². The van der Waals surface area contributed by atoms with Gasteiger partial charge in [0.25, 0.3) is 5.91 Å². The number of nitrogens with one attached hydrogen (secondary N) is 1. The van der Waals surface area contributed by atoms with Gasteiger partial charge in [0.1, 0.15) is 5.82 Å². The highest BCUT2D eigenvalue weighted by atomic mass is 16.2. The van der Waals surface area contributed by atoms with E-state index in [4.69, 9.17) is 0 Å². The standard InChI is InChI=1S/C22H19N5O2/c28-20-14-17(16-8-4-5-9-18(16)23-20)22(29)26-11-10-19-24-21(25-27(19)13-12-26)15-6-2-1-3-7-15/h1-9,14H,10-13H2,(H,23,28). The first-order chi connectivity index (χ1) is 14.2. The lowest BCUT2D eigenvalue weighted by atomic mass is 10.1. The van der Waals surface area contributed by atoms with E-state index in [1.54, 1.807) is 11.0 Å². The summed E-state index contributed by atoms with van der Waals surface area (Å²) in [5.41, 5.74) is 1.81. The van der Waals surface area contributed by atoms with Crippen molar-refractivity contribution in [2.75, 3.05) is 13.1 Å². The average molecular weight is 385 g/mol. The van der Waals surface area contributed by atoms with Crippen LogP contribution in [0.2, 0.25) is 0 Å². The third kappa shape index (κ3) is 3.20. The third-order valence-electron chi connectivity index (χ3n) is 5.24. The number of H-pyrrole nitrogens is 1. The molecule has 144 valence electrons. The number of amides is 1. The van der Waals surface area contributed by atoms with Crippen LogP contribution in [0.4, 0.5) is 0 Å². The van der Waals surface area contributed by atoms with Crippen molar-refractivity contribution < 1.29 is 4.79 Å². The molecule has 0 aliphatic carbocycles. The number of nitrogens with zero attached hydrogens (tertiary/aromatic N) is 4. The topological polar surface area (TPSA) is 83.9 Å². The number of aromatic amines is 1. The van der Waals surface area contributed by atoms with Crippen LogP contribution in [0.1, 0.15) is 16.2 Å². The Labute approximate surface area is 166 Å². The van der Waals surface area contributed by atoms with Gasteiger partial charge in [0.15, 0.2) is 5.82 Å². The second-order valence-corrected chi connectivity index (χ2v) is 7.08. The molecule has 0 unspecified atom stereocenters. The van der Waals surface area contributed by atoms with Crippen LogP contribution in [0.5, 0.6) is 0 Å². The number of carbonyl (C=O) groups excluding carboxylic acids is 1. The number of para-hydroxylation sites is 1. The van der Waals surface area contributed by atoms with Crippen molar-refractivity contribution in [1.82, 2.24) is 24.6 Å². The molecule has 1 amide bonds. The van der Waals surface area contributed by atoms with E-state index >= 15 is 0 Å². The molecular formula is C22H19N5O2. The summed E-state index contributed by atoms with van der Waals surface area (Å²) in [6.45, 7) is 1.62. The van der Waals surface area contributed by atoms with E-state index in [2.05, 4.69) is 15.1 Å². The second-order valence-electron chi connectivity index (χ2n) is 7.08. The minimum absolute atomic E-state index is 0.138. The Morgan fingerprint density at radius 1 is 0.966 bits per heavy atom. The molecule has 5 rings (SSSR count). The van der Waals surface area contributed by atoms with Crippen molar-refractivity contribution in [2.45, 2.75) is 13.0 Å². The summed E-state index contributed by atoms with van der Waals surface area (Å²) in [5.74, 6) is 1.44. The molecule has 0 bridgehead atoms. The van der Waals surface area contributed by atoms with Gasteiger partial charge in [-0.25, -0.2) is 9.67 Å². The minimum atomic E-state index is -0.274. The Morgan fingerprint density at radius 3 is 2.62 bits per heavy atom. The van der Waals surface area contributed by atoms with Crippen LogP contribution in [-0.4, -0.2) is 43.6 Å². The van der Waals surface area contributed by atoms with Gasteiger partial charge in [-0.15, -0.1) is 0 Å². The summed E-state index contributed by atoms with van der Waals surface area (Å²) in [6.07, 6.45) is 0.618. The molecule has 2 aromatic carbocycles. The first-order valence-corrected chi connectivity index (χ1v) is 9.59. The van der Waals surface area contributed by atoms with Gasteiger partial charge in [0, 0.05) is 42.0 Å². The van der Waals surface area contributed by atoms with Crippen molar-refractivity contribution in [1.29, 1.82) is 0 Å². The molecule has 0 fully saturated rings. The Morgan fingerprint density at radius 2 is 1.76 bits per heavy atom. The average Bonchev–Trinajstić information content (AvgIpc) is 3.06. The zero-order valence-corrected chi connectivity index (χ0v) is 15.7. The molecule has 1 N–H and O–H groups in total. The fraction of sp³-hybridized carbons (Fsp3) is 0.182. The molecule has 0 saturated carbocycles. The van der Waals surface area contributed by atoms with Gasteiger partial charge in [0.05, 0.1) is 12.1 Å². The summed E-state index contributed by atoms with van der Waals surface area (Å²) in [6, 6.07) is 18.6. The first-order valence-electron chi connectivity index (χ1n) is 9.59. The molecule has 4 aromatic rings. The predicted molar refractivity (Wildman–Crippen MR) is 110 cm³/mol. The van der Waals surface area contributed by atoms with E-state index in [-0.39, 0.29) is 11.5 Å². The van der Waals surface area contributed by atoms with E-state index in [0.29, 0.717) is 43.0 Å². The first kappa shape index (κ1) is 17.4. The minimum Gasteiger partial charge on any atom is -0.336 e. The summed E-state index contributed by atoms with van der Waals surface area (Å²) in [7, 11) is 0. The lowest BCUT2D eigenvalue weighted by molar-refractivity contribution is 0.0760. The van der Waals surface area contributed by atoms with Crippen LogP contribution in [-0.2, 0) is 13.0 Å². The lowest BCUT2D eigenvalue weighted by Gasteiger charge is -2.20. The fourth-order valence-corrected chi connectivity index (χ4v) is 3.77. The van der Waals surface area contributed by atoms with E-state index in [0.717, 1.165) is 16.8 Å². The van der Waals surface area contributed by atoms with E-state index in [9.17, 15) is 9.59 Å². The number of rotatable bonds is 2. The highest BCUT2D eigenvalue weighted by molar-refractivity contribution is 6.05. The Bertz CT molecular complexity index is 1230. The van der Waals surface area contributed by atoms with Crippen molar-refractivity contribution in [3.8, 4) is 11.4 Å². The Balaban J connectivity index is 1.41. The maximum absolute atomic E-state index is 13.2. The van der Waals surface area contributed by atoms with Crippen LogP contribution >= 0.6 is 0 Å². The number of hydrogen-bond acceptors (Lipinski definition) is 4. The van der Waals surface area contributed by atoms with Gasteiger partial charge in [-0.1, -0.05) is 48.5 Å². The molecule has 0 saturated heterocycles. The van der Waals surface area contributed by atoms with Gasteiger partial charge in [-0.3, -0.25) is 9.59 Å². The summed E-state index contributed by atoms with van der Waals surface area (Å²) in [4.78, 5) is 34.5. The number of carbonyl (C=O) groups is 1. The van der Waals surface area contributed by atoms with Crippen molar-refractivity contribution in [2.24, 2.45) is 0 Å². The monoisotopic (exact) mass is 385 g/mol. The molecule has 3 heterocycles. The van der Waals surface area contributed by atoms with E-state index in [1.165, 1.54) is 6.07 Å². The van der Waals surface area contributed by atoms with Crippen LogP contribution in [0.15, 0.2) is 65.5 Å². The van der Waals surface area contributed by atoms with Gasteiger partial charge < -0.3 is 9.88 Å². The zero-order valence-electron chi connectivity index (χ0n) is 15.7. The number of pyridine rings is 1. The lowest BCUT2D eigenvalue weighted by Crippen LogP contribution is -2.34. The van der Waals surface area contributed by atoms with Crippen LogP contribution in [0.25, 0.3) is 22.3 Å². The third-order valence-corrected chi connectivity index (χ3v) is 5.24. The molecule has 0 atom stereocenters. The van der Waals surface area contributed by atoms with E-state index in [1.807, 2.05) is 53.2 Å². The van der Waals surface area contributed by atoms with Crippen LogP contribution in [0, 0.1) is 0 Å². The number of benzene rings is 2. The van der Waals surface area contributed by atoms with E-state index < -0.39 is 0 Å².